The first kappa shape index (κ1) is 10.2. The summed E-state index contributed by atoms with van der Waals surface area (Å²) in [5, 5.41) is 0. The van der Waals surface area contributed by atoms with Gasteiger partial charge >= 0.3 is 0 Å². The zero-order chi connectivity index (χ0) is 10.6. The quantitative estimate of drug-likeness (QED) is 0.744. The number of nitrogens with two attached hydrogens (primary N) is 1. The molecule has 0 aromatic heterocycles. The van der Waals surface area contributed by atoms with Gasteiger partial charge in [0.05, 0.1) is 0 Å². The molecule has 0 spiro atoms. The Kier molecular flexibility index (Phi) is 3.02. The topological polar surface area (TPSA) is 26.0 Å². The van der Waals surface area contributed by atoms with Crippen LogP contribution >= 0.6 is 0 Å². The minimum atomic E-state index is 0.0360. The molecular formula is C14H17N. The van der Waals surface area contributed by atoms with Gasteiger partial charge in [-0.3, -0.25) is 0 Å². The summed E-state index contributed by atoms with van der Waals surface area (Å²) < 4.78 is 0. The van der Waals surface area contributed by atoms with Crippen LogP contribution in [0, 0.1) is 0 Å². The maximum atomic E-state index is 5.71. The fraction of sp³-hybridized carbons (Fsp3) is 0.286. The summed E-state index contributed by atoms with van der Waals surface area (Å²) in [4.78, 5) is 0. The molecule has 15 heavy (non-hydrogen) atoms. The van der Waals surface area contributed by atoms with E-state index in [4.69, 9.17) is 5.73 Å². The van der Waals surface area contributed by atoms with Gasteiger partial charge in [0.1, 0.15) is 0 Å². The Balaban J connectivity index is 2.38. The van der Waals surface area contributed by atoms with E-state index in [1.165, 1.54) is 5.56 Å². The van der Waals surface area contributed by atoms with Crippen molar-refractivity contribution in [1.29, 1.82) is 0 Å². The van der Waals surface area contributed by atoms with E-state index in [1.54, 1.807) is 0 Å². The Bertz CT molecular complexity index is 350. The Labute approximate surface area is 91.3 Å². The van der Waals surface area contributed by atoms with Crippen LogP contribution in [0.4, 0.5) is 0 Å². The SMILES string of the molecule is NCCC1(c2ccccc2)C=CCC=C1. The lowest BCUT2D eigenvalue weighted by Crippen LogP contribution is -2.25. The van der Waals surface area contributed by atoms with Gasteiger partial charge in [-0.15, -0.1) is 0 Å². The molecule has 0 bridgehead atoms. The molecule has 0 heterocycles. The average Bonchev–Trinajstić information content (AvgIpc) is 2.32. The second-order valence-corrected chi connectivity index (χ2v) is 3.99. The van der Waals surface area contributed by atoms with Crippen molar-refractivity contribution < 1.29 is 0 Å². The van der Waals surface area contributed by atoms with E-state index in [9.17, 15) is 0 Å². The second-order valence-electron chi connectivity index (χ2n) is 3.99. The summed E-state index contributed by atoms with van der Waals surface area (Å²) in [5.41, 5.74) is 7.09. The van der Waals surface area contributed by atoms with Gasteiger partial charge < -0.3 is 5.73 Å². The van der Waals surface area contributed by atoms with Gasteiger partial charge in [0.15, 0.2) is 0 Å². The van der Waals surface area contributed by atoms with E-state index < -0.39 is 0 Å². The van der Waals surface area contributed by atoms with E-state index >= 15 is 0 Å². The maximum absolute atomic E-state index is 5.71. The van der Waals surface area contributed by atoms with E-state index in [0.29, 0.717) is 6.54 Å². The number of allylic oxidation sites excluding steroid dienone is 4. The van der Waals surface area contributed by atoms with E-state index in [-0.39, 0.29) is 5.41 Å². The van der Waals surface area contributed by atoms with Crippen molar-refractivity contribution in [2.24, 2.45) is 5.73 Å². The van der Waals surface area contributed by atoms with Crippen molar-refractivity contribution in [3.05, 3.63) is 60.2 Å². The van der Waals surface area contributed by atoms with Gasteiger partial charge in [0.25, 0.3) is 0 Å². The van der Waals surface area contributed by atoms with E-state index in [0.717, 1.165) is 12.8 Å². The first-order valence-corrected chi connectivity index (χ1v) is 5.48. The Hall–Kier alpha value is -1.34. The summed E-state index contributed by atoms with van der Waals surface area (Å²) in [5.74, 6) is 0. The molecule has 0 radical (unpaired) electrons. The smallest absolute Gasteiger partial charge is 0.0324 e. The molecule has 0 unspecified atom stereocenters. The molecule has 78 valence electrons. The third kappa shape index (κ3) is 2.02. The van der Waals surface area contributed by atoms with E-state index in [1.807, 2.05) is 0 Å². The fourth-order valence-electron chi connectivity index (χ4n) is 2.18. The standard InChI is InChI=1S/C14H17N/c15-12-11-14(9-5-2-6-10-14)13-7-3-1-4-8-13/h1,3-10H,2,11-12,15H2. The lowest BCUT2D eigenvalue weighted by atomic mass is 9.75. The van der Waals surface area contributed by atoms with Crippen molar-refractivity contribution in [2.45, 2.75) is 18.3 Å². The van der Waals surface area contributed by atoms with Crippen LogP contribution in [0.25, 0.3) is 0 Å². The summed E-state index contributed by atoms with van der Waals surface area (Å²) in [6.07, 6.45) is 11.0. The predicted octanol–water partition coefficient (Wildman–Crippen LogP) is 2.79. The van der Waals surface area contributed by atoms with Crippen molar-refractivity contribution in [2.75, 3.05) is 6.54 Å². The van der Waals surface area contributed by atoms with Crippen LogP contribution < -0.4 is 5.73 Å². The number of hydrogen-bond donors (Lipinski definition) is 1. The molecule has 1 nitrogen and oxygen atoms in total. The normalized spacial score (nSPS) is 17.9. The third-order valence-electron chi connectivity index (χ3n) is 2.97. The lowest BCUT2D eigenvalue weighted by molar-refractivity contribution is 0.602. The van der Waals surface area contributed by atoms with Gasteiger partial charge in [-0.25, -0.2) is 0 Å². The van der Waals surface area contributed by atoms with Crippen LogP contribution in [0.5, 0.6) is 0 Å². The molecule has 0 atom stereocenters. The number of benzene rings is 1. The fourth-order valence-corrected chi connectivity index (χ4v) is 2.18. The van der Waals surface area contributed by atoms with Crippen LogP contribution in [0.3, 0.4) is 0 Å². The zero-order valence-corrected chi connectivity index (χ0v) is 8.89. The summed E-state index contributed by atoms with van der Waals surface area (Å²) in [7, 11) is 0. The first-order chi connectivity index (χ1) is 7.37. The molecule has 0 fully saturated rings. The van der Waals surface area contributed by atoms with Gasteiger partial charge in [-0.05, 0) is 24.9 Å². The highest BCUT2D eigenvalue weighted by molar-refractivity contribution is 5.38. The average molecular weight is 199 g/mol. The summed E-state index contributed by atoms with van der Waals surface area (Å²) >= 11 is 0. The number of rotatable bonds is 3. The van der Waals surface area contributed by atoms with Gasteiger partial charge in [-0.2, -0.15) is 0 Å². The summed E-state index contributed by atoms with van der Waals surface area (Å²) in [6.45, 7) is 0.712. The molecule has 0 saturated carbocycles. The largest absolute Gasteiger partial charge is 0.330 e. The monoisotopic (exact) mass is 199 g/mol. The Morgan fingerprint density at radius 1 is 1.07 bits per heavy atom. The lowest BCUT2D eigenvalue weighted by Gasteiger charge is -2.29. The highest BCUT2D eigenvalue weighted by Gasteiger charge is 2.26. The van der Waals surface area contributed by atoms with Gasteiger partial charge in [0, 0.05) is 5.41 Å². The van der Waals surface area contributed by atoms with Gasteiger partial charge in [-0.1, -0.05) is 54.6 Å². The Morgan fingerprint density at radius 3 is 2.33 bits per heavy atom. The predicted molar refractivity (Wildman–Crippen MR) is 64.7 cm³/mol. The van der Waals surface area contributed by atoms with Crippen LogP contribution in [-0.4, -0.2) is 6.54 Å². The molecule has 1 aliphatic carbocycles. The Morgan fingerprint density at radius 2 is 1.73 bits per heavy atom. The third-order valence-corrected chi connectivity index (χ3v) is 2.97. The van der Waals surface area contributed by atoms with Crippen LogP contribution in [-0.2, 0) is 5.41 Å². The molecule has 1 heteroatoms. The molecule has 0 aliphatic heterocycles. The molecule has 1 aliphatic rings. The van der Waals surface area contributed by atoms with Gasteiger partial charge in [0.2, 0.25) is 0 Å². The highest BCUT2D eigenvalue weighted by Crippen LogP contribution is 2.33. The minimum Gasteiger partial charge on any atom is -0.330 e. The van der Waals surface area contributed by atoms with Crippen molar-refractivity contribution in [3.8, 4) is 0 Å². The van der Waals surface area contributed by atoms with E-state index in [2.05, 4.69) is 54.6 Å². The minimum absolute atomic E-state index is 0.0360. The van der Waals surface area contributed by atoms with Crippen LogP contribution in [0.1, 0.15) is 18.4 Å². The molecular weight excluding hydrogens is 182 g/mol. The molecule has 1 aromatic rings. The van der Waals surface area contributed by atoms with Crippen molar-refractivity contribution in [3.63, 3.8) is 0 Å². The van der Waals surface area contributed by atoms with Crippen LogP contribution in [0.15, 0.2) is 54.6 Å². The second kappa shape index (κ2) is 4.45. The molecule has 2 N–H and O–H groups in total. The number of hydrogen-bond acceptors (Lipinski definition) is 1. The summed E-state index contributed by atoms with van der Waals surface area (Å²) in [6, 6.07) is 10.6. The molecule has 2 rings (SSSR count). The zero-order valence-electron chi connectivity index (χ0n) is 8.89. The first-order valence-electron chi connectivity index (χ1n) is 5.48. The molecule has 1 aromatic carbocycles. The molecule has 0 amide bonds. The van der Waals surface area contributed by atoms with Crippen LogP contribution in [0.2, 0.25) is 0 Å². The van der Waals surface area contributed by atoms with Crippen molar-refractivity contribution in [1.82, 2.24) is 0 Å². The van der Waals surface area contributed by atoms with Crippen molar-refractivity contribution >= 4 is 0 Å². The maximum Gasteiger partial charge on any atom is 0.0324 e. The molecule has 0 saturated heterocycles. The highest BCUT2D eigenvalue weighted by atomic mass is 14.5.